The van der Waals surface area contributed by atoms with Crippen LogP contribution in [0.15, 0.2) is 65.2 Å². The third kappa shape index (κ3) is 4.39. The largest absolute Gasteiger partial charge is 0.441 e. The summed E-state index contributed by atoms with van der Waals surface area (Å²) >= 11 is 0. The van der Waals surface area contributed by atoms with Crippen LogP contribution in [-0.4, -0.2) is 22.3 Å². The predicted octanol–water partition coefficient (Wildman–Crippen LogP) is 4.63. The number of rotatable bonds is 7. The van der Waals surface area contributed by atoms with Gasteiger partial charge in [0.25, 0.3) is 0 Å². The van der Waals surface area contributed by atoms with Crippen LogP contribution >= 0.6 is 0 Å². The molecule has 26 heavy (non-hydrogen) atoms. The summed E-state index contributed by atoms with van der Waals surface area (Å²) in [5.41, 5.74) is 3.39. The van der Waals surface area contributed by atoms with E-state index in [0.717, 1.165) is 11.3 Å². The summed E-state index contributed by atoms with van der Waals surface area (Å²) in [6, 6.07) is 18.0. The molecule has 134 valence electrons. The lowest BCUT2D eigenvalue weighted by molar-refractivity contribution is -0.131. The summed E-state index contributed by atoms with van der Waals surface area (Å²) in [6.07, 6.45) is 2.63. The summed E-state index contributed by atoms with van der Waals surface area (Å²) in [7, 11) is 0. The van der Waals surface area contributed by atoms with Crippen LogP contribution in [0.5, 0.6) is 0 Å². The summed E-state index contributed by atoms with van der Waals surface area (Å²) in [5, 5.41) is 0. The predicted molar refractivity (Wildman–Crippen MR) is 103 cm³/mol. The molecule has 0 saturated heterocycles. The fraction of sp³-hybridized carbons (Fsp3) is 0.273. The van der Waals surface area contributed by atoms with Gasteiger partial charge in [-0.3, -0.25) is 4.79 Å². The number of hydrogen-bond donors (Lipinski definition) is 0. The fourth-order valence-corrected chi connectivity index (χ4v) is 2.90. The van der Waals surface area contributed by atoms with Gasteiger partial charge in [0.2, 0.25) is 5.91 Å². The van der Waals surface area contributed by atoms with Crippen LogP contribution in [0.2, 0.25) is 0 Å². The summed E-state index contributed by atoms with van der Waals surface area (Å²) in [6.45, 7) is 5.41. The van der Waals surface area contributed by atoms with Crippen molar-refractivity contribution >= 4 is 5.91 Å². The van der Waals surface area contributed by atoms with E-state index in [1.807, 2.05) is 54.3 Å². The lowest BCUT2D eigenvalue weighted by Gasteiger charge is -2.21. The number of benzene rings is 2. The molecule has 4 nitrogen and oxygen atoms in total. The molecule has 2 aromatic carbocycles. The molecule has 1 amide bonds. The first kappa shape index (κ1) is 17.9. The first-order valence-corrected chi connectivity index (χ1v) is 8.99. The Bertz CT molecular complexity index is 855. The Morgan fingerprint density at radius 2 is 1.81 bits per heavy atom. The number of amides is 1. The molecule has 1 aromatic heterocycles. The minimum atomic E-state index is 0.121. The molecule has 0 bridgehead atoms. The van der Waals surface area contributed by atoms with Crippen molar-refractivity contribution in [1.82, 2.24) is 9.88 Å². The second-order valence-corrected chi connectivity index (χ2v) is 6.32. The highest BCUT2D eigenvalue weighted by Crippen LogP contribution is 2.20. The maximum Gasteiger partial charge on any atom is 0.223 e. The number of aromatic nitrogens is 1. The molecule has 0 aliphatic rings. The molecule has 0 aliphatic heterocycles. The lowest BCUT2D eigenvalue weighted by Crippen LogP contribution is -2.30. The van der Waals surface area contributed by atoms with Crippen molar-refractivity contribution in [3.05, 3.63) is 77.8 Å². The van der Waals surface area contributed by atoms with Crippen LogP contribution in [0.25, 0.3) is 11.3 Å². The topological polar surface area (TPSA) is 46.3 Å². The minimum absolute atomic E-state index is 0.121. The normalized spacial score (nSPS) is 10.7. The Hall–Kier alpha value is -2.88. The van der Waals surface area contributed by atoms with Crippen LogP contribution in [0.3, 0.4) is 0 Å². The van der Waals surface area contributed by atoms with Crippen LogP contribution in [-0.2, 0) is 17.8 Å². The van der Waals surface area contributed by atoms with E-state index in [9.17, 15) is 4.79 Å². The van der Waals surface area contributed by atoms with Crippen molar-refractivity contribution in [2.24, 2.45) is 0 Å². The van der Waals surface area contributed by atoms with Gasteiger partial charge in [0.05, 0.1) is 6.20 Å². The minimum Gasteiger partial charge on any atom is -0.441 e. The molecule has 0 saturated carbocycles. The quantitative estimate of drug-likeness (QED) is 0.625. The third-order valence-corrected chi connectivity index (χ3v) is 4.52. The summed E-state index contributed by atoms with van der Waals surface area (Å²) < 4.78 is 5.79. The molecule has 0 spiro atoms. The highest BCUT2D eigenvalue weighted by molar-refractivity contribution is 5.76. The van der Waals surface area contributed by atoms with Crippen LogP contribution in [0, 0.1) is 6.92 Å². The van der Waals surface area contributed by atoms with Gasteiger partial charge in [-0.05, 0) is 25.0 Å². The van der Waals surface area contributed by atoms with Gasteiger partial charge in [-0.15, -0.1) is 0 Å². The molecule has 1 heterocycles. The SMILES string of the molecule is CCN(Cc1ccccc1C)C(=O)CCc1ncc(-c2ccccc2)o1. The van der Waals surface area contributed by atoms with E-state index < -0.39 is 0 Å². The smallest absolute Gasteiger partial charge is 0.223 e. The van der Waals surface area contributed by atoms with Gasteiger partial charge in [0.1, 0.15) is 0 Å². The van der Waals surface area contributed by atoms with Crippen molar-refractivity contribution in [2.45, 2.75) is 33.2 Å². The monoisotopic (exact) mass is 348 g/mol. The molecule has 0 atom stereocenters. The fourth-order valence-electron chi connectivity index (χ4n) is 2.90. The van der Waals surface area contributed by atoms with E-state index in [4.69, 9.17) is 4.42 Å². The lowest BCUT2D eigenvalue weighted by atomic mass is 10.1. The second-order valence-electron chi connectivity index (χ2n) is 6.32. The number of nitrogens with zero attached hydrogens (tertiary/aromatic N) is 2. The highest BCUT2D eigenvalue weighted by atomic mass is 16.4. The maximum atomic E-state index is 12.6. The van der Waals surface area contributed by atoms with Gasteiger partial charge in [-0.2, -0.15) is 0 Å². The number of oxazole rings is 1. The van der Waals surface area contributed by atoms with Gasteiger partial charge < -0.3 is 9.32 Å². The van der Waals surface area contributed by atoms with Gasteiger partial charge in [0, 0.05) is 31.5 Å². The van der Waals surface area contributed by atoms with Crippen LogP contribution < -0.4 is 0 Å². The second kappa shape index (κ2) is 8.48. The zero-order valence-electron chi connectivity index (χ0n) is 15.3. The zero-order valence-corrected chi connectivity index (χ0v) is 15.3. The number of carbonyl (C=O) groups is 1. The Morgan fingerprint density at radius 3 is 2.54 bits per heavy atom. The van der Waals surface area contributed by atoms with Crippen LogP contribution in [0.4, 0.5) is 0 Å². The van der Waals surface area contributed by atoms with Gasteiger partial charge in [-0.25, -0.2) is 4.98 Å². The van der Waals surface area contributed by atoms with E-state index in [1.165, 1.54) is 11.1 Å². The molecule has 0 aliphatic carbocycles. The van der Waals surface area contributed by atoms with Crippen LogP contribution in [0.1, 0.15) is 30.4 Å². The Morgan fingerprint density at radius 1 is 1.08 bits per heavy atom. The summed E-state index contributed by atoms with van der Waals surface area (Å²) in [5.74, 6) is 1.46. The highest BCUT2D eigenvalue weighted by Gasteiger charge is 2.15. The van der Waals surface area contributed by atoms with E-state index in [0.29, 0.717) is 31.8 Å². The van der Waals surface area contributed by atoms with Gasteiger partial charge >= 0.3 is 0 Å². The molecular weight excluding hydrogens is 324 g/mol. The third-order valence-electron chi connectivity index (χ3n) is 4.52. The van der Waals surface area contributed by atoms with Crippen molar-refractivity contribution in [3.8, 4) is 11.3 Å². The van der Waals surface area contributed by atoms with Gasteiger partial charge in [-0.1, -0.05) is 54.6 Å². The van der Waals surface area contributed by atoms with Crippen molar-refractivity contribution in [1.29, 1.82) is 0 Å². The van der Waals surface area contributed by atoms with E-state index in [-0.39, 0.29) is 5.91 Å². The standard InChI is InChI=1S/C22H24N2O2/c1-3-24(16-19-12-8-7-9-17(19)2)22(25)14-13-21-23-15-20(26-21)18-10-5-4-6-11-18/h4-12,15H,3,13-14,16H2,1-2H3. The maximum absolute atomic E-state index is 12.6. The molecular formula is C22H24N2O2. The molecule has 0 fully saturated rings. The van der Waals surface area contributed by atoms with Crippen molar-refractivity contribution < 1.29 is 9.21 Å². The zero-order chi connectivity index (χ0) is 18.4. The molecule has 3 rings (SSSR count). The first-order chi connectivity index (χ1) is 12.7. The average Bonchev–Trinajstić information content (AvgIpc) is 3.15. The number of hydrogen-bond acceptors (Lipinski definition) is 3. The molecule has 3 aromatic rings. The Kier molecular flexibility index (Phi) is 5.84. The van der Waals surface area contributed by atoms with Crippen molar-refractivity contribution in [3.63, 3.8) is 0 Å². The number of carbonyl (C=O) groups excluding carboxylic acids is 1. The Balaban J connectivity index is 1.59. The van der Waals surface area contributed by atoms with Crippen molar-refractivity contribution in [2.75, 3.05) is 6.54 Å². The molecule has 0 radical (unpaired) electrons. The summed E-state index contributed by atoms with van der Waals surface area (Å²) in [4.78, 5) is 18.8. The number of aryl methyl sites for hydroxylation is 2. The average molecular weight is 348 g/mol. The molecule has 0 N–H and O–H groups in total. The van der Waals surface area contributed by atoms with E-state index in [1.54, 1.807) is 6.20 Å². The molecule has 4 heteroatoms. The molecule has 0 unspecified atom stereocenters. The van der Waals surface area contributed by atoms with E-state index in [2.05, 4.69) is 24.0 Å². The Labute approximate surface area is 154 Å². The van der Waals surface area contributed by atoms with Gasteiger partial charge in [0.15, 0.2) is 11.7 Å². The van der Waals surface area contributed by atoms with E-state index >= 15 is 0 Å². The first-order valence-electron chi connectivity index (χ1n) is 8.99.